The molecule has 0 spiro atoms. The van der Waals surface area contributed by atoms with Crippen LogP contribution in [0.5, 0.6) is 11.5 Å². The van der Waals surface area contributed by atoms with E-state index in [-0.39, 0.29) is 11.6 Å². The van der Waals surface area contributed by atoms with Gasteiger partial charge in [-0.25, -0.2) is 0 Å². The van der Waals surface area contributed by atoms with E-state index in [9.17, 15) is 14.9 Å². The second-order valence-electron chi connectivity index (χ2n) is 7.53. The number of unbranched alkanes of at least 4 members (excludes halogenated alkanes) is 1. The monoisotopic (exact) mass is 439 g/mol. The van der Waals surface area contributed by atoms with E-state index in [4.69, 9.17) is 9.47 Å². The highest BCUT2D eigenvalue weighted by atomic mass is 16.6. The topological polar surface area (TPSA) is 85.2 Å². The SMILES string of the molecule is CCCCOc1ccc(/C=C/C(=O)N2CCN(c3ccc([N+](=O)[O-])cc3)CC2)cc1OC. The molecule has 1 aliphatic heterocycles. The lowest BCUT2D eigenvalue weighted by molar-refractivity contribution is -0.384. The van der Waals surface area contributed by atoms with Crippen LogP contribution in [0, 0.1) is 10.1 Å². The molecule has 1 saturated heterocycles. The molecule has 0 aliphatic carbocycles. The number of hydrogen-bond donors (Lipinski definition) is 0. The summed E-state index contributed by atoms with van der Waals surface area (Å²) in [6.07, 6.45) is 5.40. The van der Waals surface area contributed by atoms with Crippen molar-refractivity contribution in [3.8, 4) is 11.5 Å². The Morgan fingerprint density at radius 1 is 1.09 bits per heavy atom. The number of carbonyl (C=O) groups is 1. The third-order valence-electron chi connectivity index (χ3n) is 5.38. The van der Waals surface area contributed by atoms with E-state index in [2.05, 4.69) is 11.8 Å². The van der Waals surface area contributed by atoms with Gasteiger partial charge in [0.15, 0.2) is 11.5 Å². The molecule has 8 nitrogen and oxygen atoms in total. The summed E-state index contributed by atoms with van der Waals surface area (Å²) in [5.74, 6) is 1.30. The molecule has 0 aromatic heterocycles. The van der Waals surface area contributed by atoms with Crippen LogP contribution in [0.15, 0.2) is 48.5 Å². The van der Waals surface area contributed by atoms with Crippen LogP contribution in [0.1, 0.15) is 25.3 Å². The third-order valence-corrected chi connectivity index (χ3v) is 5.38. The van der Waals surface area contributed by atoms with Crippen molar-refractivity contribution in [2.75, 3.05) is 44.8 Å². The zero-order valence-corrected chi connectivity index (χ0v) is 18.5. The van der Waals surface area contributed by atoms with Gasteiger partial charge in [-0.15, -0.1) is 0 Å². The van der Waals surface area contributed by atoms with E-state index in [0.717, 1.165) is 24.1 Å². The van der Waals surface area contributed by atoms with Gasteiger partial charge in [-0.1, -0.05) is 19.4 Å². The summed E-state index contributed by atoms with van der Waals surface area (Å²) in [6, 6.07) is 12.1. The van der Waals surface area contributed by atoms with Crippen molar-refractivity contribution in [1.29, 1.82) is 0 Å². The van der Waals surface area contributed by atoms with E-state index >= 15 is 0 Å². The number of benzene rings is 2. The van der Waals surface area contributed by atoms with Gasteiger partial charge in [0.1, 0.15) is 0 Å². The van der Waals surface area contributed by atoms with Crippen LogP contribution < -0.4 is 14.4 Å². The minimum Gasteiger partial charge on any atom is -0.493 e. The number of ether oxygens (including phenoxy) is 2. The van der Waals surface area contributed by atoms with Gasteiger partial charge < -0.3 is 19.3 Å². The Bertz CT molecular complexity index is 951. The lowest BCUT2D eigenvalue weighted by Crippen LogP contribution is -2.48. The van der Waals surface area contributed by atoms with Gasteiger partial charge in [-0.05, 0) is 42.3 Å². The average Bonchev–Trinajstić information content (AvgIpc) is 2.83. The Balaban J connectivity index is 1.54. The molecule has 32 heavy (non-hydrogen) atoms. The predicted molar refractivity (Wildman–Crippen MR) is 124 cm³/mol. The van der Waals surface area contributed by atoms with Gasteiger partial charge in [-0.2, -0.15) is 0 Å². The van der Waals surface area contributed by atoms with Crippen LogP contribution in [0.2, 0.25) is 0 Å². The van der Waals surface area contributed by atoms with Crippen LogP contribution in [0.4, 0.5) is 11.4 Å². The molecule has 2 aromatic carbocycles. The number of non-ortho nitro benzene ring substituents is 1. The summed E-state index contributed by atoms with van der Waals surface area (Å²) < 4.78 is 11.2. The molecule has 0 atom stereocenters. The lowest BCUT2D eigenvalue weighted by atomic mass is 10.1. The van der Waals surface area contributed by atoms with Crippen molar-refractivity contribution in [3.63, 3.8) is 0 Å². The third kappa shape index (κ3) is 6.00. The predicted octanol–water partition coefficient (Wildman–Crippen LogP) is 4.14. The first kappa shape index (κ1) is 23.1. The largest absolute Gasteiger partial charge is 0.493 e. The number of nitro benzene ring substituents is 1. The van der Waals surface area contributed by atoms with Crippen molar-refractivity contribution in [1.82, 2.24) is 4.90 Å². The molecule has 0 unspecified atom stereocenters. The number of rotatable bonds is 9. The summed E-state index contributed by atoms with van der Waals surface area (Å²) >= 11 is 0. The molecule has 0 radical (unpaired) electrons. The van der Waals surface area contributed by atoms with Crippen molar-refractivity contribution < 1.29 is 19.2 Å². The van der Waals surface area contributed by atoms with Gasteiger partial charge in [0.2, 0.25) is 5.91 Å². The highest BCUT2D eigenvalue weighted by Gasteiger charge is 2.20. The first-order chi connectivity index (χ1) is 15.5. The van der Waals surface area contributed by atoms with E-state index in [0.29, 0.717) is 44.3 Å². The summed E-state index contributed by atoms with van der Waals surface area (Å²) in [5, 5.41) is 10.8. The average molecular weight is 440 g/mol. The first-order valence-corrected chi connectivity index (χ1v) is 10.8. The van der Waals surface area contributed by atoms with Gasteiger partial charge in [0.05, 0.1) is 18.6 Å². The van der Waals surface area contributed by atoms with Crippen LogP contribution in [0.25, 0.3) is 6.08 Å². The maximum absolute atomic E-state index is 12.6. The fourth-order valence-corrected chi connectivity index (χ4v) is 3.48. The van der Waals surface area contributed by atoms with Gasteiger partial charge >= 0.3 is 0 Å². The molecule has 0 saturated carbocycles. The van der Waals surface area contributed by atoms with Crippen molar-refractivity contribution in [2.24, 2.45) is 0 Å². The Labute approximate surface area is 188 Å². The highest BCUT2D eigenvalue weighted by Crippen LogP contribution is 2.29. The molecular weight excluding hydrogens is 410 g/mol. The minimum atomic E-state index is -0.407. The second kappa shape index (κ2) is 11.2. The molecular formula is C24H29N3O5. The number of methoxy groups -OCH3 is 1. The number of nitro groups is 1. The summed E-state index contributed by atoms with van der Waals surface area (Å²) in [7, 11) is 1.60. The second-order valence-corrected chi connectivity index (χ2v) is 7.53. The Hall–Kier alpha value is -3.55. The van der Waals surface area contributed by atoms with Gasteiger partial charge in [-0.3, -0.25) is 14.9 Å². The van der Waals surface area contributed by atoms with E-state index < -0.39 is 4.92 Å². The molecule has 3 rings (SSSR count). The number of nitrogens with zero attached hydrogens (tertiary/aromatic N) is 3. The van der Waals surface area contributed by atoms with Crippen LogP contribution in [-0.2, 0) is 4.79 Å². The normalized spacial score (nSPS) is 13.9. The Kier molecular flexibility index (Phi) is 8.08. The van der Waals surface area contributed by atoms with E-state index in [1.54, 1.807) is 36.3 Å². The summed E-state index contributed by atoms with van der Waals surface area (Å²) in [4.78, 5) is 26.9. The summed E-state index contributed by atoms with van der Waals surface area (Å²) in [6.45, 7) is 5.29. The number of piperazine rings is 1. The summed E-state index contributed by atoms with van der Waals surface area (Å²) in [5.41, 5.74) is 1.86. The molecule has 170 valence electrons. The molecule has 1 heterocycles. The zero-order chi connectivity index (χ0) is 22.9. The highest BCUT2D eigenvalue weighted by molar-refractivity contribution is 5.92. The molecule has 8 heteroatoms. The maximum Gasteiger partial charge on any atom is 0.269 e. The van der Waals surface area contributed by atoms with Crippen LogP contribution in [-0.4, -0.2) is 55.6 Å². The molecule has 2 aromatic rings. The smallest absolute Gasteiger partial charge is 0.269 e. The minimum absolute atomic E-state index is 0.0458. The number of amides is 1. The number of anilines is 1. The van der Waals surface area contributed by atoms with Crippen molar-refractivity contribution in [3.05, 3.63) is 64.2 Å². The van der Waals surface area contributed by atoms with Crippen LogP contribution in [0.3, 0.4) is 0 Å². The Morgan fingerprint density at radius 2 is 1.81 bits per heavy atom. The zero-order valence-electron chi connectivity index (χ0n) is 18.5. The van der Waals surface area contributed by atoms with Gasteiger partial charge in [0.25, 0.3) is 5.69 Å². The van der Waals surface area contributed by atoms with Crippen molar-refractivity contribution >= 4 is 23.4 Å². The molecule has 1 aliphatic rings. The fourth-order valence-electron chi connectivity index (χ4n) is 3.48. The quantitative estimate of drug-likeness (QED) is 0.253. The van der Waals surface area contributed by atoms with Crippen LogP contribution >= 0.6 is 0 Å². The molecule has 1 fully saturated rings. The van der Waals surface area contributed by atoms with Crippen molar-refractivity contribution in [2.45, 2.75) is 19.8 Å². The lowest BCUT2D eigenvalue weighted by Gasteiger charge is -2.35. The first-order valence-electron chi connectivity index (χ1n) is 10.8. The van der Waals surface area contributed by atoms with E-state index in [1.807, 2.05) is 18.2 Å². The molecule has 1 amide bonds. The maximum atomic E-state index is 12.6. The number of carbonyl (C=O) groups excluding carboxylic acids is 1. The van der Waals surface area contributed by atoms with Gasteiger partial charge in [0, 0.05) is 50.1 Å². The van der Waals surface area contributed by atoms with E-state index in [1.165, 1.54) is 12.1 Å². The number of hydrogen-bond acceptors (Lipinski definition) is 6. The Morgan fingerprint density at radius 3 is 2.44 bits per heavy atom. The standard InChI is InChI=1S/C24H29N3O5/c1-3-4-17-32-22-11-5-19(18-23(22)31-2)6-12-24(28)26-15-13-25(14-16-26)20-7-9-21(10-8-20)27(29)30/h5-12,18H,3-4,13-17H2,1-2H3/b12-6+. The molecule has 0 N–H and O–H groups in total. The molecule has 0 bridgehead atoms. The fraction of sp³-hybridized carbons (Fsp3) is 0.375.